The summed E-state index contributed by atoms with van der Waals surface area (Å²) in [5.74, 6) is -0.687. The van der Waals surface area contributed by atoms with E-state index < -0.39 is 5.97 Å². The van der Waals surface area contributed by atoms with Gasteiger partial charge in [-0.05, 0) is 30.7 Å². The first kappa shape index (κ1) is 15.6. The van der Waals surface area contributed by atoms with Crippen LogP contribution in [0.15, 0.2) is 36.5 Å². The molecule has 2 aromatic rings. The highest BCUT2D eigenvalue weighted by Crippen LogP contribution is 2.17. The third-order valence-corrected chi connectivity index (χ3v) is 3.22. The maximum atomic E-state index is 12.0. The molecule has 1 atom stereocenters. The van der Waals surface area contributed by atoms with Crippen LogP contribution in [-0.2, 0) is 11.3 Å². The van der Waals surface area contributed by atoms with Crippen LogP contribution in [0.2, 0.25) is 0 Å². The number of aromatic nitrogens is 2. The lowest BCUT2D eigenvalue weighted by atomic mass is 10.1. The number of carboxylic acid groups (broad SMARTS) is 1. The zero-order valence-electron chi connectivity index (χ0n) is 12.3. The van der Waals surface area contributed by atoms with E-state index in [4.69, 9.17) is 9.84 Å². The quantitative estimate of drug-likeness (QED) is 0.843. The van der Waals surface area contributed by atoms with Gasteiger partial charge in [-0.25, -0.2) is 9.48 Å². The second-order valence-corrected chi connectivity index (χ2v) is 4.74. The van der Waals surface area contributed by atoms with Crippen LogP contribution >= 0.6 is 0 Å². The average Bonchev–Trinajstić information content (AvgIpc) is 2.95. The predicted octanol–water partition coefficient (Wildman–Crippen LogP) is 1.47. The minimum Gasteiger partial charge on any atom is -0.497 e. The summed E-state index contributed by atoms with van der Waals surface area (Å²) in [4.78, 5) is 23.0. The standard InChI is InChI=1S/C15H17N3O4/c1-10(11-3-5-12(22-2)6-4-11)17-14(19)9-18-13(15(20)21)7-8-16-18/h3-8,10H,9H2,1-2H3,(H,17,19)(H,20,21). The number of nitrogens with one attached hydrogen (secondary N) is 1. The highest BCUT2D eigenvalue weighted by molar-refractivity contribution is 5.86. The summed E-state index contributed by atoms with van der Waals surface area (Å²) < 4.78 is 6.23. The number of benzene rings is 1. The van der Waals surface area contributed by atoms with E-state index in [1.807, 2.05) is 31.2 Å². The molecule has 116 valence electrons. The summed E-state index contributed by atoms with van der Waals surface area (Å²) in [5, 5.41) is 15.6. The third kappa shape index (κ3) is 3.63. The molecule has 0 spiro atoms. The van der Waals surface area contributed by atoms with E-state index in [2.05, 4.69) is 10.4 Å². The fourth-order valence-electron chi connectivity index (χ4n) is 2.04. The summed E-state index contributed by atoms with van der Waals surface area (Å²) >= 11 is 0. The summed E-state index contributed by atoms with van der Waals surface area (Å²) in [6.45, 7) is 1.70. The van der Waals surface area contributed by atoms with Crippen LogP contribution in [-0.4, -0.2) is 33.9 Å². The summed E-state index contributed by atoms with van der Waals surface area (Å²) in [6, 6.07) is 8.49. The lowest BCUT2D eigenvalue weighted by molar-refractivity contribution is -0.122. The largest absolute Gasteiger partial charge is 0.497 e. The Morgan fingerprint density at radius 1 is 1.32 bits per heavy atom. The number of amides is 1. The maximum Gasteiger partial charge on any atom is 0.354 e. The SMILES string of the molecule is COc1ccc(C(C)NC(=O)Cn2nccc2C(=O)O)cc1. The molecule has 2 rings (SSSR count). The van der Waals surface area contributed by atoms with Gasteiger partial charge in [0.2, 0.25) is 5.91 Å². The van der Waals surface area contributed by atoms with Gasteiger partial charge >= 0.3 is 5.97 Å². The van der Waals surface area contributed by atoms with Crippen molar-refractivity contribution in [2.75, 3.05) is 7.11 Å². The molecule has 1 heterocycles. The first-order chi connectivity index (χ1) is 10.5. The van der Waals surface area contributed by atoms with Crippen LogP contribution in [0.25, 0.3) is 0 Å². The number of carbonyl (C=O) groups excluding carboxylic acids is 1. The predicted molar refractivity (Wildman–Crippen MR) is 78.7 cm³/mol. The van der Waals surface area contributed by atoms with E-state index >= 15 is 0 Å². The number of rotatable bonds is 6. The Morgan fingerprint density at radius 2 is 2.00 bits per heavy atom. The van der Waals surface area contributed by atoms with Crippen molar-refractivity contribution >= 4 is 11.9 Å². The highest BCUT2D eigenvalue weighted by Gasteiger charge is 2.15. The number of nitrogens with zero attached hydrogens (tertiary/aromatic N) is 2. The Kier molecular flexibility index (Phi) is 4.77. The molecule has 1 aromatic heterocycles. The number of hydrogen-bond acceptors (Lipinski definition) is 4. The van der Waals surface area contributed by atoms with Gasteiger partial charge in [-0.2, -0.15) is 5.10 Å². The van der Waals surface area contributed by atoms with Crippen molar-refractivity contribution in [3.63, 3.8) is 0 Å². The molecule has 0 radical (unpaired) electrons. The van der Waals surface area contributed by atoms with Gasteiger partial charge in [0.25, 0.3) is 0 Å². The molecule has 7 nitrogen and oxygen atoms in total. The second kappa shape index (κ2) is 6.75. The molecular formula is C15H17N3O4. The normalized spacial score (nSPS) is 11.7. The first-order valence-corrected chi connectivity index (χ1v) is 6.69. The van der Waals surface area contributed by atoms with E-state index in [-0.39, 0.29) is 24.2 Å². The Bertz CT molecular complexity index is 664. The molecular weight excluding hydrogens is 286 g/mol. The van der Waals surface area contributed by atoms with Gasteiger partial charge in [0, 0.05) is 6.20 Å². The van der Waals surface area contributed by atoms with Gasteiger partial charge in [0.15, 0.2) is 0 Å². The van der Waals surface area contributed by atoms with Crippen molar-refractivity contribution in [3.8, 4) is 5.75 Å². The number of ether oxygens (including phenoxy) is 1. The maximum absolute atomic E-state index is 12.0. The molecule has 0 saturated carbocycles. The topological polar surface area (TPSA) is 93.5 Å². The minimum atomic E-state index is -1.12. The van der Waals surface area contributed by atoms with Crippen molar-refractivity contribution in [3.05, 3.63) is 47.8 Å². The van der Waals surface area contributed by atoms with Crippen LogP contribution < -0.4 is 10.1 Å². The summed E-state index contributed by atoms with van der Waals surface area (Å²) in [7, 11) is 1.59. The molecule has 22 heavy (non-hydrogen) atoms. The minimum absolute atomic E-state index is 0.0211. The number of hydrogen-bond donors (Lipinski definition) is 2. The van der Waals surface area contributed by atoms with Crippen molar-refractivity contribution in [1.82, 2.24) is 15.1 Å². The molecule has 0 saturated heterocycles. The lowest BCUT2D eigenvalue weighted by Crippen LogP contribution is -2.31. The van der Waals surface area contributed by atoms with Crippen molar-refractivity contribution in [1.29, 1.82) is 0 Å². The van der Waals surface area contributed by atoms with Crippen molar-refractivity contribution < 1.29 is 19.4 Å². The Labute approximate surface area is 127 Å². The molecule has 2 N–H and O–H groups in total. The fourth-order valence-corrected chi connectivity index (χ4v) is 2.04. The highest BCUT2D eigenvalue weighted by atomic mass is 16.5. The van der Waals surface area contributed by atoms with E-state index in [0.29, 0.717) is 0 Å². The van der Waals surface area contributed by atoms with Gasteiger partial charge in [0.05, 0.1) is 13.2 Å². The molecule has 0 fully saturated rings. The van der Waals surface area contributed by atoms with E-state index in [1.165, 1.54) is 12.3 Å². The molecule has 0 aliphatic carbocycles. The van der Waals surface area contributed by atoms with Crippen LogP contribution in [0.3, 0.4) is 0 Å². The summed E-state index contributed by atoms with van der Waals surface area (Å²) in [6.07, 6.45) is 1.35. The fraction of sp³-hybridized carbons (Fsp3) is 0.267. The Balaban J connectivity index is 1.98. The summed E-state index contributed by atoms with van der Waals surface area (Å²) in [5.41, 5.74) is 0.903. The zero-order chi connectivity index (χ0) is 16.1. The van der Waals surface area contributed by atoms with Crippen LogP contribution in [0.4, 0.5) is 0 Å². The Morgan fingerprint density at radius 3 is 2.59 bits per heavy atom. The van der Waals surface area contributed by atoms with Crippen LogP contribution in [0, 0.1) is 0 Å². The van der Waals surface area contributed by atoms with Gasteiger partial charge in [-0.15, -0.1) is 0 Å². The number of aromatic carboxylic acids is 1. The van der Waals surface area contributed by atoms with E-state index in [9.17, 15) is 9.59 Å². The zero-order valence-corrected chi connectivity index (χ0v) is 12.3. The molecule has 0 aliphatic heterocycles. The second-order valence-electron chi connectivity index (χ2n) is 4.74. The molecule has 7 heteroatoms. The van der Waals surface area contributed by atoms with Crippen molar-refractivity contribution in [2.45, 2.75) is 19.5 Å². The van der Waals surface area contributed by atoms with Crippen LogP contribution in [0.5, 0.6) is 5.75 Å². The van der Waals surface area contributed by atoms with Gasteiger partial charge in [0.1, 0.15) is 18.0 Å². The van der Waals surface area contributed by atoms with Gasteiger partial charge < -0.3 is 15.2 Å². The smallest absolute Gasteiger partial charge is 0.354 e. The lowest BCUT2D eigenvalue weighted by Gasteiger charge is -2.15. The molecule has 1 aromatic carbocycles. The molecule has 0 bridgehead atoms. The van der Waals surface area contributed by atoms with Gasteiger partial charge in [-0.1, -0.05) is 12.1 Å². The molecule has 1 unspecified atom stereocenters. The molecule has 1 amide bonds. The Hall–Kier alpha value is -2.83. The monoisotopic (exact) mass is 303 g/mol. The third-order valence-electron chi connectivity index (χ3n) is 3.22. The van der Waals surface area contributed by atoms with Crippen LogP contribution in [0.1, 0.15) is 29.0 Å². The van der Waals surface area contributed by atoms with Crippen molar-refractivity contribution in [2.24, 2.45) is 0 Å². The van der Waals surface area contributed by atoms with E-state index in [1.54, 1.807) is 7.11 Å². The molecule has 0 aliphatic rings. The number of carboxylic acids is 1. The average molecular weight is 303 g/mol. The number of carbonyl (C=O) groups is 2. The van der Waals surface area contributed by atoms with Gasteiger partial charge in [-0.3, -0.25) is 4.79 Å². The number of methoxy groups -OCH3 is 1. The van der Waals surface area contributed by atoms with E-state index in [0.717, 1.165) is 16.0 Å². The first-order valence-electron chi connectivity index (χ1n) is 6.69.